The molecule has 0 bridgehead atoms. The van der Waals surface area contributed by atoms with Gasteiger partial charge in [-0.3, -0.25) is 19.3 Å². The van der Waals surface area contributed by atoms with Gasteiger partial charge >= 0.3 is 0 Å². The molecule has 0 N–H and O–H groups in total. The van der Waals surface area contributed by atoms with Gasteiger partial charge in [-0.25, -0.2) is 8.42 Å². The van der Waals surface area contributed by atoms with E-state index in [1.165, 1.54) is 21.3 Å². The predicted octanol–water partition coefficient (Wildman–Crippen LogP) is 1.26. The Kier molecular flexibility index (Phi) is 6.85. The average molecular weight is 476 g/mol. The molecule has 2 atom stereocenters. The molecule has 3 aliphatic rings. The molecule has 0 saturated carbocycles. The standard InChI is InChI=1S/C23H29N3O6S/c1-2-32-17-7-9-18(10-8-17)33(30,31)25-15-13-24(14-16-25)21(27)11-12-26-22(28)19-5-3-4-6-20(19)23(26)29/h3-4,7-10,19-20H,2,5-6,11-16H2,1H3/t19-,20+. The largest absolute Gasteiger partial charge is 0.494 e. The van der Waals surface area contributed by atoms with Crippen molar-refractivity contribution in [1.29, 1.82) is 0 Å². The molecular weight excluding hydrogens is 446 g/mol. The zero-order chi connectivity index (χ0) is 23.6. The van der Waals surface area contributed by atoms with Gasteiger partial charge in [-0.15, -0.1) is 0 Å². The van der Waals surface area contributed by atoms with Crippen molar-refractivity contribution in [3.63, 3.8) is 0 Å². The van der Waals surface area contributed by atoms with Crippen molar-refractivity contribution >= 4 is 27.7 Å². The fourth-order valence-electron chi connectivity index (χ4n) is 4.66. The number of ether oxygens (including phenoxy) is 1. The molecular formula is C23H29N3O6S. The Morgan fingerprint density at radius 2 is 1.55 bits per heavy atom. The van der Waals surface area contributed by atoms with Crippen LogP contribution < -0.4 is 4.74 Å². The summed E-state index contributed by atoms with van der Waals surface area (Å²) < 4.78 is 32.6. The minimum absolute atomic E-state index is 0.0516. The van der Waals surface area contributed by atoms with Gasteiger partial charge in [-0.05, 0) is 44.0 Å². The third-order valence-electron chi connectivity index (χ3n) is 6.51. The topological polar surface area (TPSA) is 104 Å². The molecule has 2 saturated heterocycles. The maximum Gasteiger partial charge on any atom is 0.243 e. The summed E-state index contributed by atoms with van der Waals surface area (Å²) in [5.41, 5.74) is 0. The summed E-state index contributed by atoms with van der Waals surface area (Å²) in [4.78, 5) is 40.8. The summed E-state index contributed by atoms with van der Waals surface area (Å²) in [5, 5.41) is 0. The summed E-state index contributed by atoms with van der Waals surface area (Å²) in [6, 6.07) is 6.30. The summed E-state index contributed by atoms with van der Waals surface area (Å²) in [6.07, 6.45) is 5.06. The Labute approximate surface area is 194 Å². The van der Waals surface area contributed by atoms with E-state index >= 15 is 0 Å². The van der Waals surface area contributed by atoms with Crippen LogP contribution in [0, 0.1) is 11.8 Å². The van der Waals surface area contributed by atoms with Crippen LogP contribution in [0.3, 0.4) is 0 Å². The Balaban J connectivity index is 1.29. The number of sulfonamides is 1. The summed E-state index contributed by atoms with van der Waals surface area (Å²) in [7, 11) is -3.66. The van der Waals surface area contributed by atoms with E-state index in [0.29, 0.717) is 25.2 Å². The van der Waals surface area contributed by atoms with Crippen molar-refractivity contribution in [3.8, 4) is 5.75 Å². The van der Waals surface area contributed by atoms with E-state index in [1.807, 2.05) is 19.1 Å². The smallest absolute Gasteiger partial charge is 0.243 e. The van der Waals surface area contributed by atoms with E-state index in [2.05, 4.69) is 0 Å². The third kappa shape index (κ3) is 4.67. The van der Waals surface area contributed by atoms with E-state index in [0.717, 1.165) is 0 Å². The Morgan fingerprint density at radius 1 is 0.970 bits per heavy atom. The van der Waals surface area contributed by atoms with E-state index in [9.17, 15) is 22.8 Å². The lowest BCUT2D eigenvalue weighted by Crippen LogP contribution is -2.51. The van der Waals surface area contributed by atoms with Crippen LogP contribution in [0.25, 0.3) is 0 Å². The van der Waals surface area contributed by atoms with Gasteiger partial charge in [0.25, 0.3) is 0 Å². The highest BCUT2D eigenvalue weighted by molar-refractivity contribution is 7.89. The molecule has 2 fully saturated rings. The van der Waals surface area contributed by atoms with Crippen molar-refractivity contribution in [2.45, 2.75) is 31.1 Å². The first-order chi connectivity index (χ1) is 15.8. The van der Waals surface area contributed by atoms with Crippen LogP contribution in [-0.4, -0.2) is 79.6 Å². The highest BCUT2D eigenvalue weighted by Crippen LogP contribution is 2.35. The molecule has 2 aliphatic heterocycles. The highest BCUT2D eigenvalue weighted by atomic mass is 32.2. The number of carbonyl (C=O) groups is 3. The molecule has 1 aromatic rings. The number of likely N-dealkylation sites (tertiary alicyclic amines) is 1. The van der Waals surface area contributed by atoms with Gasteiger partial charge in [0, 0.05) is 39.1 Å². The fourth-order valence-corrected chi connectivity index (χ4v) is 6.08. The average Bonchev–Trinajstić information content (AvgIpc) is 3.08. The number of imide groups is 1. The Bertz CT molecular complexity index is 1020. The lowest BCUT2D eigenvalue weighted by molar-refractivity contribution is -0.141. The molecule has 3 amide bonds. The van der Waals surface area contributed by atoms with Crippen LogP contribution in [0.15, 0.2) is 41.3 Å². The number of fused-ring (bicyclic) bond motifs is 1. The molecule has 0 aromatic heterocycles. The van der Waals surface area contributed by atoms with Crippen molar-refractivity contribution in [1.82, 2.24) is 14.1 Å². The highest BCUT2D eigenvalue weighted by Gasteiger charge is 2.47. The summed E-state index contributed by atoms with van der Waals surface area (Å²) in [6.45, 7) is 3.36. The number of carbonyl (C=O) groups excluding carboxylic acids is 3. The van der Waals surface area contributed by atoms with Gasteiger partial charge in [0.1, 0.15) is 5.75 Å². The first kappa shape index (κ1) is 23.4. The molecule has 4 rings (SSSR count). The van der Waals surface area contributed by atoms with Crippen molar-refractivity contribution in [3.05, 3.63) is 36.4 Å². The second kappa shape index (κ2) is 9.64. The monoisotopic (exact) mass is 475 g/mol. The molecule has 0 spiro atoms. The minimum atomic E-state index is -3.66. The SMILES string of the molecule is CCOc1ccc(S(=O)(=O)N2CCN(C(=O)CCN3C(=O)[C@H]4CC=CC[C@H]4C3=O)CC2)cc1. The van der Waals surface area contributed by atoms with E-state index in [4.69, 9.17) is 4.74 Å². The molecule has 9 nitrogen and oxygen atoms in total. The summed E-state index contributed by atoms with van der Waals surface area (Å²) in [5.74, 6) is -0.538. The van der Waals surface area contributed by atoms with Crippen LogP contribution >= 0.6 is 0 Å². The molecule has 1 aliphatic carbocycles. The van der Waals surface area contributed by atoms with Crippen LogP contribution in [0.4, 0.5) is 0 Å². The van der Waals surface area contributed by atoms with Gasteiger partial charge < -0.3 is 9.64 Å². The van der Waals surface area contributed by atoms with Gasteiger partial charge in [-0.1, -0.05) is 12.2 Å². The number of hydrogen-bond donors (Lipinski definition) is 0. The number of allylic oxidation sites excluding steroid dienone is 2. The molecule has 2 heterocycles. The molecule has 0 radical (unpaired) electrons. The van der Waals surface area contributed by atoms with E-state index < -0.39 is 10.0 Å². The normalized spacial score (nSPS) is 23.7. The number of nitrogens with zero attached hydrogens (tertiary/aromatic N) is 3. The van der Waals surface area contributed by atoms with Crippen LogP contribution in [0.2, 0.25) is 0 Å². The van der Waals surface area contributed by atoms with Gasteiger partial charge in [0.05, 0.1) is 23.3 Å². The number of benzene rings is 1. The van der Waals surface area contributed by atoms with Crippen LogP contribution in [0.1, 0.15) is 26.2 Å². The molecule has 10 heteroatoms. The predicted molar refractivity (Wildman–Crippen MR) is 120 cm³/mol. The first-order valence-electron chi connectivity index (χ1n) is 11.3. The maximum absolute atomic E-state index is 12.9. The maximum atomic E-state index is 12.9. The molecule has 178 valence electrons. The number of amides is 3. The van der Waals surface area contributed by atoms with Gasteiger partial charge in [-0.2, -0.15) is 4.31 Å². The Hall–Kier alpha value is -2.72. The first-order valence-corrected chi connectivity index (χ1v) is 12.8. The van der Waals surface area contributed by atoms with Crippen molar-refractivity contribution < 1.29 is 27.5 Å². The van der Waals surface area contributed by atoms with Crippen LogP contribution in [0.5, 0.6) is 5.75 Å². The molecule has 0 unspecified atom stereocenters. The lowest BCUT2D eigenvalue weighted by atomic mass is 9.85. The zero-order valence-corrected chi connectivity index (χ0v) is 19.5. The van der Waals surface area contributed by atoms with E-state index in [-0.39, 0.29) is 73.6 Å². The Morgan fingerprint density at radius 3 is 2.09 bits per heavy atom. The molecule has 33 heavy (non-hydrogen) atoms. The van der Waals surface area contributed by atoms with Gasteiger partial charge in [0.15, 0.2) is 0 Å². The van der Waals surface area contributed by atoms with Crippen molar-refractivity contribution in [2.24, 2.45) is 11.8 Å². The van der Waals surface area contributed by atoms with Gasteiger partial charge in [0.2, 0.25) is 27.7 Å². The van der Waals surface area contributed by atoms with Crippen molar-refractivity contribution in [2.75, 3.05) is 39.3 Å². The fraction of sp³-hybridized carbons (Fsp3) is 0.522. The number of rotatable bonds is 7. The zero-order valence-electron chi connectivity index (χ0n) is 18.7. The quantitative estimate of drug-likeness (QED) is 0.434. The van der Waals surface area contributed by atoms with E-state index in [1.54, 1.807) is 17.0 Å². The third-order valence-corrected chi connectivity index (χ3v) is 8.42. The lowest BCUT2D eigenvalue weighted by Gasteiger charge is -2.34. The second-order valence-corrected chi connectivity index (χ2v) is 10.4. The second-order valence-electron chi connectivity index (χ2n) is 8.42. The minimum Gasteiger partial charge on any atom is -0.494 e. The van der Waals surface area contributed by atoms with Crippen LogP contribution in [-0.2, 0) is 24.4 Å². The number of hydrogen-bond acceptors (Lipinski definition) is 6. The summed E-state index contributed by atoms with van der Waals surface area (Å²) >= 11 is 0. The molecule has 1 aromatic carbocycles. The number of piperazine rings is 1.